The van der Waals surface area contributed by atoms with Crippen molar-refractivity contribution in [3.63, 3.8) is 0 Å². The van der Waals surface area contributed by atoms with Gasteiger partial charge in [-0.15, -0.1) is 0 Å². The molecule has 21 heavy (non-hydrogen) atoms. The first kappa shape index (κ1) is 16.1. The zero-order chi connectivity index (χ0) is 15.1. The fourth-order valence-electron chi connectivity index (χ4n) is 3.31. The topological polar surface area (TPSA) is 29.3 Å². The van der Waals surface area contributed by atoms with Gasteiger partial charge in [-0.1, -0.05) is 56.7 Å². The van der Waals surface area contributed by atoms with Gasteiger partial charge >= 0.3 is 0 Å². The lowest BCUT2D eigenvalue weighted by Crippen LogP contribution is -2.39. The Morgan fingerprint density at radius 1 is 1.14 bits per heavy atom. The summed E-state index contributed by atoms with van der Waals surface area (Å²) in [5, 5.41) is 0. The van der Waals surface area contributed by atoms with Crippen molar-refractivity contribution in [3.05, 3.63) is 35.4 Å². The van der Waals surface area contributed by atoms with E-state index < -0.39 is 0 Å². The van der Waals surface area contributed by atoms with Gasteiger partial charge in [0, 0.05) is 12.1 Å². The van der Waals surface area contributed by atoms with E-state index in [2.05, 4.69) is 54.9 Å². The number of hydrogen-bond donors (Lipinski definition) is 1. The maximum atomic E-state index is 5.49. The minimum Gasteiger partial charge on any atom is -0.320 e. The average molecular weight is 284 g/mol. The van der Waals surface area contributed by atoms with Crippen molar-refractivity contribution in [2.24, 2.45) is 11.1 Å². The van der Waals surface area contributed by atoms with Crippen molar-refractivity contribution in [1.82, 2.24) is 4.90 Å². The van der Waals surface area contributed by atoms with E-state index in [4.69, 9.17) is 5.73 Å². The Hall–Kier alpha value is -1.30. The fraction of sp³-hybridized carbons (Fsp3) is 0.579. The predicted molar refractivity (Wildman–Crippen MR) is 89.9 cm³/mol. The molecular weight excluding hydrogens is 256 g/mol. The minimum absolute atomic E-state index is 0.424. The first-order valence-corrected chi connectivity index (χ1v) is 8.22. The van der Waals surface area contributed by atoms with Gasteiger partial charge in [0.05, 0.1) is 6.54 Å². The summed E-state index contributed by atoms with van der Waals surface area (Å²) < 4.78 is 0. The Kier molecular flexibility index (Phi) is 5.85. The summed E-state index contributed by atoms with van der Waals surface area (Å²) in [6, 6.07) is 8.46. The number of nitrogens with two attached hydrogens (primary N) is 1. The highest BCUT2D eigenvalue weighted by molar-refractivity contribution is 5.41. The first-order chi connectivity index (χ1) is 10.2. The molecule has 2 N–H and O–H groups in total. The van der Waals surface area contributed by atoms with Crippen LogP contribution in [0, 0.1) is 17.3 Å². The van der Waals surface area contributed by atoms with Crippen molar-refractivity contribution in [3.8, 4) is 11.8 Å². The molecule has 1 aliphatic rings. The van der Waals surface area contributed by atoms with E-state index in [-0.39, 0.29) is 0 Å². The first-order valence-electron chi connectivity index (χ1n) is 8.22. The molecule has 0 spiro atoms. The summed E-state index contributed by atoms with van der Waals surface area (Å²) in [5.41, 5.74) is 8.54. The van der Waals surface area contributed by atoms with Gasteiger partial charge in [-0.3, -0.25) is 4.90 Å². The second kappa shape index (κ2) is 7.64. The highest BCUT2D eigenvalue weighted by Crippen LogP contribution is 2.38. The second-order valence-electron chi connectivity index (χ2n) is 6.15. The third-order valence-corrected chi connectivity index (χ3v) is 5.15. The van der Waals surface area contributed by atoms with Crippen LogP contribution in [0.2, 0.25) is 0 Å². The summed E-state index contributed by atoms with van der Waals surface area (Å²) >= 11 is 0. The molecule has 0 unspecified atom stereocenters. The van der Waals surface area contributed by atoms with Crippen LogP contribution in [0.25, 0.3) is 0 Å². The maximum absolute atomic E-state index is 5.49. The Balaban J connectivity index is 2.01. The van der Waals surface area contributed by atoms with Gasteiger partial charge in [0.2, 0.25) is 0 Å². The molecule has 0 aliphatic carbocycles. The van der Waals surface area contributed by atoms with Crippen LogP contribution in [0.3, 0.4) is 0 Å². The van der Waals surface area contributed by atoms with E-state index >= 15 is 0 Å². The van der Waals surface area contributed by atoms with Gasteiger partial charge in [0.15, 0.2) is 0 Å². The van der Waals surface area contributed by atoms with Crippen molar-refractivity contribution in [2.75, 3.05) is 19.6 Å². The molecule has 0 amide bonds. The molecule has 0 atom stereocenters. The Morgan fingerprint density at radius 3 is 2.43 bits per heavy atom. The molecule has 0 radical (unpaired) electrons. The lowest BCUT2D eigenvalue weighted by molar-refractivity contribution is 0.0908. The highest BCUT2D eigenvalue weighted by atomic mass is 15.1. The third-order valence-electron chi connectivity index (χ3n) is 5.15. The largest absolute Gasteiger partial charge is 0.320 e. The molecule has 0 aromatic heterocycles. The molecule has 1 saturated heterocycles. The molecule has 2 nitrogen and oxygen atoms in total. The zero-order valence-electron chi connectivity index (χ0n) is 13.5. The van der Waals surface area contributed by atoms with Gasteiger partial charge in [0.1, 0.15) is 0 Å². The third kappa shape index (κ3) is 4.09. The molecule has 2 rings (SSSR count). The second-order valence-corrected chi connectivity index (χ2v) is 6.15. The van der Waals surface area contributed by atoms with Crippen LogP contribution in [0.5, 0.6) is 0 Å². The molecule has 2 heteroatoms. The lowest BCUT2D eigenvalue weighted by Gasteiger charge is -2.41. The molecule has 1 aromatic carbocycles. The van der Waals surface area contributed by atoms with Crippen LogP contribution in [0.4, 0.5) is 0 Å². The Labute approximate surface area is 129 Å². The number of benzene rings is 1. The van der Waals surface area contributed by atoms with Crippen LogP contribution < -0.4 is 5.73 Å². The van der Waals surface area contributed by atoms with E-state index in [0.717, 1.165) is 12.1 Å². The van der Waals surface area contributed by atoms with Gasteiger partial charge < -0.3 is 5.73 Å². The van der Waals surface area contributed by atoms with E-state index in [1.54, 1.807) is 0 Å². The van der Waals surface area contributed by atoms with E-state index in [1.807, 2.05) is 0 Å². The van der Waals surface area contributed by atoms with Crippen molar-refractivity contribution < 1.29 is 0 Å². The van der Waals surface area contributed by atoms with Crippen molar-refractivity contribution >= 4 is 0 Å². The molecule has 114 valence electrons. The van der Waals surface area contributed by atoms with E-state index in [9.17, 15) is 0 Å². The molecule has 1 aromatic rings. The van der Waals surface area contributed by atoms with Crippen LogP contribution in [0.1, 0.15) is 50.7 Å². The molecule has 0 bridgehead atoms. The standard InChI is InChI=1S/C19H28N2/c1-3-19(4-2)11-14-21(15-12-19)16-18-9-6-5-8-17(18)10-7-13-20/h5-6,8-9H,3-4,11-16,20H2,1-2H3. The zero-order valence-corrected chi connectivity index (χ0v) is 13.5. The summed E-state index contributed by atoms with van der Waals surface area (Å²) in [6.07, 6.45) is 5.29. The van der Waals surface area contributed by atoms with Crippen molar-refractivity contribution in [1.29, 1.82) is 0 Å². The molecule has 1 fully saturated rings. The van der Waals surface area contributed by atoms with Crippen molar-refractivity contribution in [2.45, 2.75) is 46.1 Å². The number of hydrogen-bond acceptors (Lipinski definition) is 2. The van der Waals surface area contributed by atoms with Gasteiger partial charge in [-0.25, -0.2) is 0 Å². The lowest BCUT2D eigenvalue weighted by atomic mass is 9.74. The maximum Gasteiger partial charge on any atom is 0.0555 e. The van der Waals surface area contributed by atoms with Gasteiger partial charge in [-0.05, 0) is 43.0 Å². The monoisotopic (exact) mass is 284 g/mol. The number of rotatable bonds is 4. The van der Waals surface area contributed by atoms with Crippen LogP contribution >= 0.6 is 0 Å². The summed E-state index contributed by atoms with van der Waals surface area (Å²) in [6.45, 7) is 8.54. The molecular formula is C19H28N2. The molecule has 1 aliphatic heterocycles. The minimum atomic E-state index is 0.424. The molecule has 1 heterocycles. The Bertz CT molecular complexity index is 496. The number of piperidine rings is 1. The van der Waals surface area contributed by atoms with E-state index in [0.29, 0.717) is 12.0 Å². The smallest absolute Gasteiger partial charge is 0.0555 e. The summed E-state index contributed by atoms with van der Waals surface area (Å²) in [4.78, 5) is 2.58. The normalized spacial score (nSPS) is 18.0. The number of nitrogens with zero attached hydrogens (tertiary/aromatic N) is 1. The van der Waals surface area contributed by atoms with Gasteiger partial charge in [0.25, 0.3) is 0 Å². The molecule has 0 saturated carbocycles. The Morgan fingerprint density at radius 2 is 1.81 bits per heavy atom. The fourth-order valence-corrected chi connectivity index (χ4v) is 3.31. The number of likely N-dealkylation sites (tertiary alicyclic amines) is 1. The average Bonchev–Trinajstić information content (AvgIpc) is 2.55. The quantitative estimate of drug-likeness (QED) is 0.859. The van der Waals surface area contributed by atoms with E-state index in [1.165, 1.54) is 44.3 Å². The highest BCUT2D eigenvalue weighted by Gasteiger charge is 2.31. The summed E-state index contributed by atoms with van der Waals surface area (Å²) in [7, 11) is 0. The van der Waals surface area contributed by atoms with Gasteiger partial charge in [-0.2, -0.15) is 0 Å². The van der Waals surface area contributed by atoms with Crippen LogP contribution in [-0.4, -0.2) is 24.5 Å². The predicted octanol–water partition coefficient (Wildman–Crippen LogP) is 3.40. The van der Waals surface area contributed by atoms with Crippen LogP contribution in [0.15, 0.2) is 24.3 Å². The SMILES string of the molecule is CCC1(CC)CCN(Cc2ccccc2C#CCN)CC1. The summed E-state index contributed by atoms with van der Waals surface area (Å²) in [5.74, 6) is 6.17. The van der Waals surface area contributed by atoms with Crippen LogP contribution in [-0.2, 0) is 6.54 Å².